The van der Waals surface area contributed by atoms with Gasteiger partial charge in [-0.2, -0.15) is 4.98 Å². The number of rotatable bonds is 3. The SMILES string of the molecule is NCC1CCN(c2n[nH]c(-c3cc(Cl)ccc3Br)n2)CC1. The van der Waals surface area contributed by atoms with E-state index < -0.39 is 0 Å². The van der Waals surface area contributed by atoms with Crippen LogP contribution in [0.3, 0.4) is 0 Å². The predicted octanol–water partition coefficient (Wildman–Crippen LogP) is 3.06. The van der Waals surface area contributed by atoms with E-state index in [1.54, 1.807) is 0 Å². The zero-order valence-electron chi connectivity index (χ0n) is 11.5. The van der Waals surface area contributed by atoms with Crippen molar-refractivity contribution in [2.24, 2.45) is 11.7 Å². The third-order valence-corrected chi connectivity index (χ3v) is 4.81. The Morgan fingerprint density at radius 2 is 2.14 bits per heavy atom. The molecule has 0 atom stereocenters. The lowest BCUT2D eigenvalue weighted by Crippen LogP contribution is -2.36. The van der Waals surface area contributed by atoms with Crippen molar-refractivity contribution in [1.29, 1.82) is 0 Å². The molecule has 1 aliphatic heterocycles. The minimum absolute atomic E-state index is 0.627. The molecule has 3 rings (SSSR count). The summed E-state index contributed by atoms with van der Waals surface area (Å²) in [6.07, 6.45) is 2.20. The summed E-state index contributed by atoms with van der Waals surface area (Å²) in [6, 6.07) is 5.62. The molecule has 1 aliphatic rings. The van der Waals surface area contributed by atoms with E-state index in [0.29, 0.717) is 10.9 Å². The van der Waals surface area contributed by atoms with E-state index in [-0.39, 0.29) is 0 Å². The van der Waals surface area contributed by atoms with Gasteiger partial charge in [-0.25, -0.2) is 0 Å². The average Bonchev–Trinajstić information content (AvgIpc) is 2.99. The van der Waals surface area contributed by atoms with Crippen molar-refractivity contribution >= 4 is 33.5 Å². The van der Waals surface area contributed by atoms with E-state index in [1.165, 1.54) is 0 Å². The van der Waals surface area contributed by atoms with E-state index in [2.05, 4.69) is 36.0 Å². The summed E-state index contributed by atoms with van der Waals surface area (Å²) in [7, 11) is 0. The minimum atomic E-state index is 0.627. The van der Waals surface area contributed by atoms with Crippen molar-refractivity contribution in [1.82, 2.24) is 15.2 Å². The van der Waals surface area contributed by atoms with Crippen LogP contribution in [0.15, 0.2) is 22.7 Å². The van der Waals surface area contributed by atoms with Crippen molar-refractivity contribution in [2.75, 3.05) is 24.5 Å². The van der Waals surface area contributed by atoms with Gasteiger partial charge in [0.15, 0.2) is 5.82 Å². The van der Waals surface area contributed by atoms with Crippen LogP contribution in [0.2, 0.25) is 5.02 Å². The molecule has 0 aliphatic carbocycles. The number of aromatic nitrogens is 3. The lowest BCUT2D eigenvalue weighted by molar-refractivity contribution is 0.411. The molecule has 112 valence electrons. The highest BCUT2D eigenvalue weighted by Crippen LogP contribution is 2.30. The normalized spacial score (nSPS) is 16.4. The van der Waals surface area contributed by atoms with Gasteiger partial charge in [0, 0.05) is 28.1 Å². The first kappa shape index (κ1) is 14.8. The topological polar surface area (TPSA) is 70.8 Å². The number of halogens is 2. The van der Waals surface area contributed by atoms with E-state index in [9.17, 15) is 0 Å². The maximum absolute atomic E-state index is 6.05. The van der Waals surface area contributed by atoms with Crippen molar-refractivity contribution < 1.29 is 0 Å². The first-order chi connectivity index (χ1) is 10.2. The third-order valence-electron chi connectivity index (χ3n) is 3.89. The standard InChI is InChI=1S/C14H17BrClN5/c15-12-2-1-10(16)7-11(12)13-18-14(20-19-13)21-5-3-9(8-17)4-6-21/h1-2,7,9H,3-6,8,17H2,(H,18,19,20). The highest BCUT2D eigenvalue weighted by Gasteiger charge is 2.21. The molecule has 1 aromatic heterocycles. The molecular formula is C14H17BrClN5. The van der Waals surface area contributed by atoms with Gasteiger partial charge in [-0.15, -0.1) is 5.10 Å². The Morgan fingerprint density at radius 3 is 2.86 bits per heavy atom. The summed E-state index contributed by atoms with van der Waals surface area (Å²) in [5, 5.41) is 8.00. The average molecular weight is 371 g/mol. The summed E-state index contributed by atoms with van der Waals surface area (Å²) in [4.78, 5) is 6.80. The van der Waals surface area contributed by atoms with Gasteiger partial charge in [0.25, 0.3) is 0 Å². The zero-order chi connectivity index (χ0) is 14.8. The Balaban J connectivity index is 1.79. The van der Waals surface area contributed by atoms with Crippen molar-refractivity contribution in [3.8, 4) is 11.4 Å². The molecule has 0 amide bonds. The number of benzene rings is 1. The molecule has 0 spiro atoms. The quantitative estimate of drug-likeness (QED) is 0.871. The Hall–Kier alpha value is -1.11. The van der Waals surface area contributed by atoms with Crippen LogP contribution in [-0.4, -0.2) is 34.8 Å². The fraction of sp³-hybridized carbons (Fsp3) is 0.429. The molecule has 1 aromatic carbocycles. The maximum Gasteiger partial charge on any atom is 0.245 e. The molecule has 3 N–H and O–H groups in total. The molecule has 0 bridgehead atoms. The van der Waals surface area contributed by atoms with Gasteiger partial charge in [-0.3, -0.25) is 5.10 Å². The number of piperidine rings is 1. The Labute approximate surface area is 137 Å². The van der Waals surface area contributed by atoms with Crippen LogP contribution < -0.4 is 10.6 Å². The van der Waals surface area contributed by atoms with Crippen molar-refractivity contribution in [3.05, 3.63) is 27.7 Å². The fourth-order valence-corrected chi connectivity index (χ4v) is 3.17. The summed E-state index contributed by atoms with van der Waals surface area (Å²) >= 11 is 9.56. The highest BCUT2D eigenvalue weighted by atomic mass is 79.9. The number of hydrogen-bond acceptors (Lipinski definition) is 4. The zero-order valence-corrected chi connectivity index (χ0v) is 13.9. The van der Waals surface area contributed by atoms with Crippen LogP contribution in [0, 0.1) is 5.92 Å². The molecular weight excluding hydrogens is 354 g/mol. The number of H-pyrrole nitrogens is 1. The van der Waals surface area contributed by atoms with E-state index in [1.807, 2.05) is 18.2 Å². The smallest absolute Gasteiger partial charge is 0.245 e. The molecule has 1 saturated heterocycles. The molecule has 2 aromatic rings. The number of nitrogens with two attached hydrogens (primary N) is 1. The van der Waals surface area contributed by atoms with Crippen LogP contribution in [0.4, 0.5) is 5.95 Å². The fourth-order valence-electron chi connectivity index (χ4n) is 2.56. The van der Waals surface area contributed by atoms with Gasteiger partial charge in [0.1, 0.15) is 0 Å². The van der Waals surface area contributed by atoms with Crippen molar-refractivity contribution in [2.45, 2.75) is 12.8 Å². The number of nitrogens with zero attached hydrogens (tertiary/aromatic N) is 3. The van der Waals surface area contributed by atoms with Crippen molar-refractivity contribution in [3.63, 3.8) is 0 Å². The summed E-state index contributed by atoms with van der Waals surface area (Å²) in [6.45, 7) is 2.67. The van der Waals surface area contributed by atoms with Gasteiger partial charge in [-0.05, 0) is 43.5 Å². The summed E-state index contributed by atoms with van der Waals surface area (Å²) in [5.41, 5.74) is 6.64. The highest BCUT2D eigenvalue weighted by molar-refractivity contribution is 9.10. The Morgan fingerprint density at radius 1 is 1.38 bits per heavy atom. The summed E-state index contributed by atoms with van der Waals surface area (Å²) in [5.74, 6) is 2.09. The molecule has 0 saturated carbocycles. The van der Waals surface area contributed by atoms with Crippen LogP contribution in [-0.2, 0) is 0 Å². The molecule has 1 fully saturated rings. The van der Waals surface area contributed by atoms with E-state index in [4.69, 9.17) is 17.3 Å². The monoisotopic (exact) mass is 369 g/mol. The van der Waals surface area contributed by atoms with Gasteiger partial charge in [0.05, 0.1) is 0 Å². The van der Waals surface area contributed by atoms with Gasteiger partial charge in [0.2, 0.25) is 5.95 Å². The second-order valence-electron chi connectivity index (χ2n) is 5.27. The first-order valence-corrected chi connectivity index (χ1v) is 8.17. The molecule has 0 unspecified atom stereocenters. The second kappa shape index (κ2) is 6.34. The molecule has 5 nitrogen and oxygen atoms in total. The van der Waals surface area contributed by atoms with E-state index in [0.717, 1.165) is 54.3 Å². The van der Waals surface area contributed by atoms with Crippen LogP contribution >= 0.6 is 27.5 Å². The Bertz CT molecular complexity index is 622. The van der Waals surface area contributed by atoms with Gasteiger partial charge in [-0.1, -0.05) is 27.5 Å². The third kappa shape index (κ3) is 3.22. The number of nitrogens with one attached hydrogen (secondary N) is 1. The van der Waals surface area contributed by atoms with E-state index >= 15 is 0 Å². The largest absolute Gasteiger partial charge is 0.340 e. The number of anilines is 1. The molecule has 0 radical (unpaired) electrons. The second-order valence-corrected chi connectivity index (χ2v) is 6.57. The lowest BCUT2D eigenvalue weighted by Gasteiger charge is -2.30. The first-order valence-electron chi connectivity index (χ1n) is 7.00. The summed E-state index contributed by atoms with van der Waals surface area (Å²) < 4.78 is 0.941. The molecule has 21 heavy (non-hydrogen) atoms. The Kier molecular flexibility index (Phi) is 4.47. The maximum atomic E-state index is 6.05. The lowest BCUT2D eigenvalue weighted by atomic mass is 9.97. The number of hydrogen-bond donors (Lipinski definition) is 2. The van der Waals surface area contributed by atoms with Crippen LogP contribution in [0.25, 0.3) is 11.4 Å². The van der Waals surface area contributed by atoms with Gasteiger partial charge < -0.3 is 10.6 Å². The van der Waals surface area contributed by atoms with Crippen LogP contribution in [0.5, 0.6) is 0 Å². The minimum Gasteiger partial charge on any atom is -0.340 e. The number of aromatic amines is 1. The molecule has 7 heteroatoms. The van der Waals surface area contributed by atoms with Gasteiger partial charge >= 0.3 is 0 Å². The van der Waals surface area contributed by atoms with Crippen LogP contribution in [0.1, 0.15) is 12.8 Å². The molecule has 2 heterocycles. The predicted molar refractivity (Wildman–Crippen MR) is 88.5 cm³/mol.